The molecule has 0 heterocycles. The minimum Gasteiger partial charge on any atom is -0.343 e. The third-order valence-electron chi connectivity index (χ3n) is 4.67. The molecule has 3 nitrogen and oxygen atoms in total. The van der Waals surface area contributed by atoms with Gasteiger partial charge < -0.3 is 10.6 Å². The number of nitrogens with two attached hydrogens (primary N) is 1. The van der Waals surface area contributed by atoms with E-state index in [9.17, 15) is 4.79 Å². The Labute approximate surface area is 117 Å². The normalized spacial score (nSPS) is 28.8. The fourth-order valence-electron chi connectivity index (χ4n) is 3.35. The highest BCUT2D eigenvalue weighted by Crippen LogP contribution is 2.28. The van der Waals surface area contributed by atoms with E-state index >= 15 is 0 Å². The van der Waals surface area contributed by atoms with Gasteiger partial charge in [0.25, 0.3) is 0 Å². The van der Waals surface area contributed by atoms with Crippen LogP contribution in [0, 0.1) is 5.92 Å². The van der Waals surface area contributed by atoms with Crippen molar-refractivity contribution in [2.45, 2.75) is 69.9 Å². The standard InChI is InChI=1S/C14H26N2O.ClH/c1-16(12-7-3-4-8-12)14(17)10-11-6-2-5-9-13(11)15;/h11-13H,2-10,15H2,1H3;1H. The van der Waals surface area contributed by atoms with Crippen LogP contribution in [-0.4, -0.2) is 29.9 Å². The van der Waals surface area contributed by atoms with E-state index < -0.39 is 0 Å². The Kier molecular flexibility index (Phi) is 6.44. The second-order valence-electron chi connectivity index (χ2n) is 5.86. The molecule has 2 saturated carbocycles. The fraction of sp³-hybridized carbons (Fsp3) is 0.929. The number of carbonyl (C=O) groups is 1. The van der Waals surface area contributed by atoms with Crippen LogP contribution < -0.4 is 5.73 Å². The van der Waals surface area contributed by atoms with Gasteiger partial charge in [0.15, 0.2) is 0 Å². The molecule has 2 aliphatic carbocycles. The summed E-state index contributed by atoms with van der Waals surface area (Å²) in [6.45, 7) is 0. The van der Waals surface area contributed by atoms with Gasteiger partial charge in [0, 0.05) is 25.6 Å². The van der Waals surface area contributed by atoms with Gasteiger partial charge in [0.2, 0.25) is 5.91 Å². The maximum absolute atomic E-state index is 12.2. The third-order valence-corrected chi connectivity index (χ3v) is 4.67. The maximum Gasteiger partial charge on any atom is 0.222 e. The number of amides is 1. The van der Waals surface area contributed by atoms with Gasteiger partial charge >= 0.3 is 0 Å². The number of rotatable bonds is 3. The van der Waals surface area contributed by atoms with Crippen LogP contribution in [0.3, 0.4) is 0 Å². The average Bonchev–Trinajstić information content (AvgIpc) is 2.84. The lowest BCUT2D eigenvalue weighted by Crippen LogP contribution is -2.40. The highest BCUT2D eigenvalue weighted by atomic mass is 35.5. The number of hydrogen-bond acceptors (Lipinski definition) is 2. The van der Waals surface area contributed by atoms with Crippen molar-refractivity contribution in [3.63, 3.8) is 0 Å². The highest BCUT2D eigenvalue weighted by molar-refractivity contribution is 5.85. The summed E-state index contributed by atoms with van der Waals surface area (Å²) in [5.41, 5.74) is 6.11. The first kappa shape index (κ1) is 15.8. The summed E-state index contributed by atoms with van der Waals surface area (Å²) in [6.07, 6.45) is 10.4. The van der Waals surface area contributed by atoms with E-state index in [0.29, 0.717) is 24.3 Å². The zero-order valence-electron chi connectivity index (χ0n) is 11.4. The van der Waals surface area contributed by atoms with E-state index in [0.717, 1.165) is 12.8 Å². The molecular formula is C14H27ClN2O. The molecule has 0 spiro atoms. The summed E-state index contributed by atoms with van der Waals surface area (Å²) in [6, 6.07) is 0.756. The maximum atomic E-state index is 12.2. The molecule has 0 saturated heterocycles. The predicted molar refractivity (Wildman–Crippen MR) is 76.8 cm³/mol. The molecule has 0 radical (unpaired) electrons. The largest absolute Gasteiger partial charge is 0.343 e. The summed E-state index contributed by atoms with van der Waals surface area (Å²) in [5, 5.41) is 0. The lowest BCUT2D eigenvalue weighted by atomic mass is 9.82. The van der Waals surface area contributed by atoms with Crippen molar-refractivity contribution in [1.82, 2.24) is 4.90 Å². The summed E-state index contributed by atoms with van der Waals surface area (Å²) in [5.74, 6) is 0.749. The van der Waals surface area contributed by atoms with Crippen molar-refractivity contribution in [2.75, 3.05) is 7.05 Å². The molecule has 106 valence electrons. The van der Waals surface area contributed by atoms with E-state index in [4.69, 9.17) is 5.73 Å². The monoisotopic (exact) mass is 274 g/mol. The topological polar surface area (TPSA) is 46.3 Å². The zero-order chi connectivity index (χ0) is 12.3. The molecule has 0 bridgehead atoms. The summed E-state index contributed by atoms with van der Waals surface area (Å²) < 4.78 is 0. The lowest BCUT2D eigenvalue weighted by Gasteiger charge is -2.31. The molecule has 2 N–H and O–H groups in total. The third kappa shape index (κ3) is 3.86. The van der Waals surface area contributed by atoms with Gasteiger partial charge in [0.1, 0.15) is 0 Å². The Morgan fingerprint density at radius 3 is 2.28 bits per heavy atom. The van der Waals surface area contributed by atoms with E-state index in [1.807, 2.05) is 11.9 Å². The van der Waals surface area contributed by atoms with E-state index in [2.05, 4.69) is 0 Å². The molecule has 2 fully saturated rings. The molecule has 2 unspecified atom stereocenters. The SMILES string of the molecule is CN(C(=O)CC1CCCCC1N)C1CCCC1.Cl. The van der Waals surface area contributed by atoms with Crippen LogP contribution in [0.25, 0.3) is 0 Å². The fourth-order valence-corrected chi connectivity index (χ4v) is 3.35. The van der Waals surface area contributed by atoms with E-state index in [1.54, 1.807) is 0 Å². The van der Waals surface area contributed by atoms with Crippen LogP contribution >= 0.6 is 12.4 Å². The van der Waals surface area contributed by atoms with Crippen LogP contribution in [0.5, 0.6) is 0 Å². The minimum absolute atomic E-state index is 0. The van der Waals surface area contributed by atoms with Crippen molar-refractivity contribution >= 4 is 18.3 Å². The van der Waals surface area contributed by atoms with Crippen LogP contribution in [0.15, 0.2) is 0 Å². The van der Waals surface area contributed by atoms with Gasteiger partial charge in [0.05, 0.1) is 0 Å². The first-order valence-electron chi connectivity index (χ1n) is 7.19. The second kappa shape index (κ2) is 7.34. The molecule has 18 heavy (non-hydrogen) atoms. The van der Waals surface area contributed by atoms with Gasteiger partial charge in [-0.05, 0) is 31.6 Å². The number of nitrogens with zero attached hydrogens (tertiary/aromatic N) is 1. The first-order valence-corrected chi connectivity index (χ1v) is 7.19. The summed E-state index contributed by atoms with van der Waals surface area (Å²) >= 11 is 0. The van der Waals surface area contributed by atoms with E-state index in [1.165, 1.54) is 38.5 Å². The number of carbonyl (C=O) groups excluding carboxylic acids is 1. The Morgan fingerprint density at radius 2 is 1.67 bits per heavy atom. The Bertz CT molecular complexity index is 267. The van der Waals surface area contributed by atoms with Crippen molar-refractivity contribution in [1.29, 1.82) is 0 Å². The first-order chi connectivity index (χ1) is 8.18. The van der Waals surface area contributed by atoms with Gasteiger partial charge in [-0.2, -0.15) is 0 Å². The summed E-state index contributed by atoms with van der Waals surface area (Å²) in [7, 11) is 1.98. The molecule has 0 aromatic carbocycles. The molecule has 0 aromatic rings. The molecule has 0 aromatic heterocycles. The van der Waals surface area contributed by atoms with Gasteiger partial charge in [-0.25, -0.2) is 0 Å². The minimum atomic E-state index is 0. The van der Waals surface area contributed by atoms with Crippen molar-refractivity contribution < 1.29 is 4.79 Å². The Hall–Kier alpha value is -0.280. The Balaban J connectivity index is 0.00000162. The van der Waals surface area contributed by atoms with Crippen LogP contribution in [-0.2, 0) is 4.79 Å². The van der Waals surface area contributed by atoms with Crippen molar-refractivity contribution in [3.8, 4) is 0 Å². The van der Waals surface area contributed by atoms with Crippen LogP contribution in [0.4, 0.5) is 0 Å². The van der Waals surface area contributed by atoms with Gasteiger partial charge in [-0.15, -0.1) is 12.4 Å². The quantitative estimate of drug-likeness (QED) is 0.860. The lowest BCUT2D eigenvalue weighted by molar-refractivity contribution is -0.133. The molecule has 2 atom stereocenters. The molecule has 2 rings (SSSR count). The Morgan fingerprint density at radius 1 is 1.11 bits per heavy atom. The molecule has 1 amide bonds. The molecule has 2 aliphatic rings. The molecule has 0 aliphatic heterocycles. The van der Waals surface area contributed by atoms with Crippen molar-refractivity contribution in [2.24, 2.45) is 11.7 Å². The van der Waals surface area contributed by atoms with Crippen LogP contribution in [0.1, 0.15) is 57.8 Å². The smallest absolute Gasteiger partial charge is 0.222 e. The predicted octanol–water partition coefficient (Wildman–Crippen LogP) is 2.72. The van der Waals surface area contributed by atoms with Gasteiger partial charge in [-0.1, -0.05) is 25.7 Å². The average molecular weight is 275 g/mol. The highest BCUT2D eigenvalue weighted by Gasteiger charge is 2.28. The number of hydrogen-bond donors (Lipinski definition) is 1. The van der Waals surface area contributed by atoms with Crippen molar-refractivity contribution in [3.05, 3.63) is 0 Å². The van der Waals surface area contributed by atoms with Gasteiger partial charge in [-0.3, -0.25) is 4.79 Å². The number of halogens is 1. The van der Waals surface area contributed by atoms with Crippen LogP contribution in [0.2, 0.25) is 0 Å². The molecule has 4 heteroatoms. The molecular weight excluding hydrogens is 248 g/mol. The second-order valence-corrected chi connectivity index (χ2v) is 5.86. The van der Waals surface area contributed by atoms with E-state index in [-0.39, 0.29) is 18.4 Å². The summed E-state index contributed by atoms with van der Waals surface area (Å²) in [4.78, 5) is 14.2. The zero-order valence-corrected chi connectivity index (χ0v) is 12.3.